The fraction of sp³-hybridized carbons (Fsp3) is 0.286. The molecule has 0 aliphatic heterocycles. The van der Waals surface area contributed by atoms with Crippen LogP contribution in [0, 0.1) is 5.82 Å². The average Bonchev–Trinajstić information content (AvgIpc) is 3.27. The van der Waals surface area contributed by atoms with E-state index in [4.69, 9.17) is 16.3 Å². The second-order valence-corrected chi connectivity index (χ2v) is 9.12. The molecule has 1 aromatic carbocycles. The summed E-state index contributed by atoms with van der Waals surface area (Å²) in [5.74, 6) is -0.00971. The predicted molar refractivity (Wildman–Crippen MR) is 110 cm³/mol. The molecule has 3 aromatic rings. The number of pyridine rings is 1. The molecule has 0 saturated carbocycles. The van der Waals surface area contributed by atoms with Crippen molar-refractivity contribution in [3.63, 3.8) is 0 Å². The number of halogens is 2. The van der Waals surface area contributed by atoms with Crippen LogP contribution in [-0.4, -0.2) is 24.5 Å². The van der Waals surface area contributed by atoms with E-state index in [1.807, 2.05) is 0 Å². The molecule has 8 heteroatoms. The molecule has 1 aliphatic carbocycles. The van der Waals surface area contributed by atoms with Crippen molar-refractivity contribution >= 4 is 21.6 Å². The lowest BCUT2D eigenvalue weighted by Crippen LogP contribution is -2.15. The van der Waals surface area contributed by atoms with Crippen LogP contribution in [0.3, 0.4) is 0 Å². The number of hydrogen-bond donors (Lipinski definition) is 0. The van der Waals surface area contributed by atoms with Gasteiger partial charge < -0.3 is 4.74 Å². The zero-order valence-electron chi connectivity index (χ0n) is 16.0. The summed E-state index contributed by atoms with van der Waals surface area (Å²) in [6.07, 6.45) is 4.13. The van der Waals surface area contributed by atoms with Crippen molar-refractivity contribution in [1.29, 1.82) is 0 Å². The standard InChI is InChI=1S/C21H20ClFN2O3S/c1-3-13-8-9-14-16(13)12-25(20(14)15-6-4-5-7-17(15)23)29(26,27)18-10-11-19(28-2)24-21(18)22/h4-7,10-13H,3,8-9H2,1-2H3. The summed E-state index contributed by atoms with van der Waals surface area (Å²) in [6, 6.07) is 9.01. The second-order valence-electron chi connectivity index (χ2n) is 6.98. The third-order valence-electron chi connectivity index (χ3n) is 5.45. The number of ether oxygens (including phenoxy) is 1. The van der Waals surface area contributed by atoms with E-state index >= 15 is 0 Å². The lowest BCUT2D eigenvalue weighted by atomic mass is 10.0. The van der Waals surface area contributed by atoms with Crippen molar-refractivity contribution in [3.05, 3.63) is 64.7 Å². The molecule has 152 valence electrons. The first-order chi connectivity index (χ1) is 13.9. The molecule has 1 aliphatic rings. The van der Waals surface area contributed by atoms with E-state index in [-0.39, 0.29) is 27.4 Å². The zero-order chi connectivity index (χ0) is 20.8. The summed E-state index contributed by atoms with van der Waals surface area (Å²) in [6.45, 7) is 2.07. The van der Waals surface area contributed by atoms with E-state index in [0.717, 1.165) is 27.9 Å². The van der Waals surface area contributed by atoms with Crippen molar-refractivity contribution < 1.29 is 17.5 Å². The first-order valence-corrected chi connectivity index (χ1v) is 11.1. The Kier molecular flexibility index (Phi) is 5.12. The van der Waals surface area contributed by atoms with Gasteiger partial charge in [0.25, 0.3) is 10.0 Å². The van der Waals surface area contributed by atoms with Gasteiger partial charge in [0.1, 0.15) is 10.7 Å². The average molecular weight is 435 g/mol. The van der Waals surface area contributed by atoms with Crippen LogP contribution in [0.15, 0.2) is 47.5 Å². The van der Waals surface area contributed by atoms with Crippen molar-refractivity contribution in [3.8, 4) is 17.1 Å². The number of fused-ring (bicyclic) bond motifs is 1. The van der Waals surface area contributed by atoms with Crippen LogP contribution in [0.25, 0.3) is 11.3 Å². The van der Waals surface area contributed by atoms with Gasteiger partial charge in [-0.2, -0.15) is 0 Å². The molecule has 0 amide bonds. The number of benzene rings is 1. The third kappa shape index (κ3) is 3.22. The maximum absolute atomic E-state index is 14.7. The Hall–Kier alpha value is -2.38. The summed E-state index contributed by atoms with van der Waals surface area (Å²) in [4.78, 5) is 3.82. The van der Waals surface area contributed by atoms with E-state index in [9.17, 15) is 12.8 Å². The molecule has 0 N–H and O–H groups in total. The van der Waals surface area contributed by atoms with Crippen LogP contribution in [0.2, 0.25) is 5.15 Å². The maximum Gasteiger partial charge on any atom is 0.271 e. The van der Waals surface area contributed by atoms with Crippen LogP contribution in [0.4, 0.5) is 4.39 Å². The Morgan fingerprint density at radius 2 is 2.03 bits per heavy atom. The predicted octanol–water partition coefficient (Wildman–Crippen LogP) is 5.03. The SMILES string of the molecule is CCC1CCc2c1cn(S(=O)(=O)c1ccc(OC)nc1Cl)c2-c1ccccc1F. The molecule has 2 aromatic heterocycles. The highest BCUT2D eigenvalue weighted by Crippen LogP contribution is 2.44. The molecule has 29 heavy (non-hydrogen) atoms. The fourth-order valence-electron chi connectivity index (χ4n) is 3.99. The van der Waals surface area contributed by atoms with Gasteiger partial charge in [0.15, 0.2) is 5.15 Å². The summed E-state index contributed by atoms with van der Waals surface area (Å²) < 4.78 is 47.9. The normalized spacial score (nSPS) is 16.1. The summed E-state index contributed by atoms with van der Waals surface area (Å²) >= 11 is 6.16. The minimum absolute atomic E-state index is 0.153. The van der Waals surface area contributed by atoms with Gasteiger partial charge in [0.2, 0.25) is 5.88 Å². The van der Waals surface area contributed by atoms with E-state index in [0.29, 0.717) is 12.1 Å². The Bertz CT molecular complexity index is 1190. The topological polar surface area (TPSA) is 61.2 Å². The molecule has 0 radical (unpaired) electrons. The Balaban J connectivity index is 1.98. The minimum Gasteiger partial charge on any atom is -0.481 e. The van der Waals surface area contributed by atoms with Gasteiger partial charge in [0, 0.05) is 17.8 Å². The van der Waals surface area contributed by atoms with Crippen LogP contribution >= 0.6 is 11.6 Å². The number of rotatable bonds is 5. The van der Waals surface area contributed by atoms with Crippen molar-refractivity contribution in [2.24, 2.45) is 0 Å². The van der Waals surface area contributed by atoms with Gasteiger partial charge in [-0.05, 0) is 54.5 Å². The maximum atomic E-state index is 14.7. The molecule has 0 spiro atoms. The Morgan fingerprint density at radius 1 is 1.28 bits per heavy atom. The molecule has 1 unspecified atom stereocenters. The van der Waals surface area contributed by atoms with Gasteiger partial charge in [-0.25, -0.2) is 21.8 Å². The largest absolute Gasteiger partial charge is 0.481 e. The van der Waals surface area contributed by atoms with Gasteiger partial charge >= 0.3 is 0 Å². The number of hydrogen-bond acceptors (Lipinski definition) is 4. The quantitative estimate of drug-likeness (QED) is 0.528. The summed E-state index contributed by atoms with van der Waals surface area (Å²) in [5, 5.41) is -0.190. The highest BCUT2D eigenvalue weighted by Gasteiger charge is 2.34. The fourth-order valence-corrected chi connectivity index (χ4v) is 5.84. The molecule has 4 rings (SSSR count). The highest BCUT2D eigenvalue weighted by atomic mass is 35.5. The number of methoxy groups -OCH3 is 1. The smallest absolute Gasteiger partial charge is 0.271 e. The van der Waals surface area contributed by atoms with Gasteiger partial charge in [-0.3, -0.25) is 0 Å². The molecular weight excluding hydrogens is 415 g/mol. The van der Waals surface area contributed by atoms with Gasteiger partial charge in [-0.15, -0.1) is 0 Å². The van der Waals surface area contributed by atoms with E-state index < -0.39 is 15.8 Å². The van der Waals surface area contributed by atoms with Crippen LogP contribution in [0.5, 0.6) is 5.88 Å². The molecule has 0 bridgehead atoms. The molecule has 5 nitrogen and oxygen atoms in total. The van der Waals surface area contributed by atoms with Gasteiger partial charge in [-0.1, -0.05) is 30.7 Å². The first-order valence-electron chi connectivity index (χ1n) is 9.33. The van der Waals surface area contributed by atoms with E-state index in [2.05, 4.69) is 11.9 Å². The number of nitrogens with zero attached hydrogens (tertiary/aromatic N) is 2. The lowest BCUT2D eigenvalue weighted by molar-refractivity contribution is 0.397. The van der Waals surface area contributed by atoms with Crippen LogP contribution < -0.4 is 4.74 Å². The molecule has 1 atom stereocenters. The van der Waals surface area contributed by atoms with E-state index in [1.165, 1.54) is 25.3 Å². The van der Waals surface area contributed by atoms with Gasteiger partial charge in [0.05, 0.1) is 12.8 Å². The molecular formula is C21H20ClFN2O3S. The van der Waals surface area contributed by atoms with Crippen LogP contribution in [-0.2, 0) is 16.4 Å². The van der Waals surface area contributed by atoms with E-state index in [1.54, 1.807) is 24.4 Å². The highest BCUT2D eigenvalue weighted by molar-refractivity contribution is 7.90. The minimum atomic E-state index is -4.10. The summed E-state index contributed by atoms with van der Waals surface area (Å²) in [7, 11) is -2.68. The molecule has 2 heterocycles. The lowest BCUT2D eigenvalue weighted by Gasteiger charge is -2.14. The second kappa shape index (κ2) is 7.46. The Morgan fingerprint density at radius 3 is 2.69 bits per heavy atom. The molecule has 0 saturated heterocycles. The summed E-state index contributed by atoms with van der Waals surface area (Å²) in [5.41, 5.74) is 2.45. The van der Waals surface area contributed by atoms with Crippen LogP contribution in [0.1, 0.15) is 36.8 Å². The van der Waals surface area contributed by atoms with Crippen molar-refractivity contribution in [1.82, 2.24) is 8.96 Å². The van der Waals surface area contributed by atoms with Crippen molar-refractivity contribution in [2.75, 3.05) is 7.11 Å². The zero-order valence-corrected chi connectivity index (χ0v) is 17.6. The monoisotopic (exact) mass is 434 g/mol. The molecule has 0 fully saturated rings. The number of aromatic nitrogens is 2. The Labute approximate surface area is 174 Å². The third-order valence-corrected chi connectivity index (χ3v) is 7.54. The first kappa shape index (κ1) is 19.9. The van der Waals surface area contributed by atoms with Crippen molar-refractivity contribution in [2.45, 2.75) is 37.0 Å².